The smallest absolute Gasteiger partial charge is 0.180 e. The molecule has 1 fully saturated rings. The van der Waals surface area contributed by atoms with E-state index in [1.165, 1.54) is 17.7 Å². The third kappa shape index (κ3) is 6.70. The van der Waals surface area contributed by atoms with E-state index in [2.05, 4.69) is 40.5 Å². The first-order valence-corrected chi connectivity index (χ1v) is 11.7. The normalized spacial score (nSPS) is 14.9. The fourth-order valence-electron chi connectivity index (χ4n) is 4.15. The van der Waals surface area contributed by atoms with Crippen LogP contribution < -0.4 is 14.8 Å². The Balaban J connectivity index is 1.28. The molecule has 1 saturated heterocycles. The lowest BCUT2D eigenvalue weighted by molar-refractivity contribution is 0.190. The van der Waals surface area contributed by atoms with Gasteiger partial charge in [0.05, 0.1) is 12.1 Å². The van der Waals surface area contributed by atoms with Crippen molar-refractivity contribution in [3.05, 3.63) is 94.3 Å². The van der Waals surface area contributed by atoms with E-state index in [0.29, 0.717) is 22.6 Å². The van der Waals surface area contributed by atoms with Gasteiger partial charge in [-0.15, -0.1) is 0 Å². The molecule has 33 heavy (non-hydrogen) atoms. The SMILES string of the molecule is COc1cc(CNC2CCN(Cc3ccccc3)CC2)cc(Cl)c1OCc1ccc(F)cc1. The van der Waals surface area contributed by atoms with Crippen LogP contribution in [-0.2, 0) is 19.7 Å². The minimum Gasteiger partial charge on any atom is -0.493 e. The van der Waals surface area contributed by atoms with Gasteiger partial charge in [0.1, 0.15) is 12.4 Å². The van der Waals surface area contributed by atoms with Crippen molar-refractivity contribution in [1.29, 1.82) is 0 Å². The quantitative estimate of drug-likeness (QED) is 0.429. The molecule has 1 heterocycles. The number of piperidine rings is 1. The van der Waals surface area contributed by atoms with Gasteiger partial charge in [-0.2, -0.15) is 0 Å². The summed E-state index contributed by atoms with van der Waals surface area (Å²) >= 11 is 6.52. The number of halogens is 2. The molecule has 0 aromatic heterocycles. The Labute approximate surface area is 200 Å². The molecular weight excluding hydrogens is 439 g/mol. The van der Waals surface area contributed by atoms with E-state index < -0.39 is 0 Å². The van der Waals surface area contributed by atoms with Crippen molar-refractivity contribution in [2.75, 3.05) is 20.2 Å². The van der Waals surface area contributed by atoms with E-state index in [-0.39, 0.29) is 12.4 Å². The predicted octanol–water partition coefficient (Wildman–Crippen LogP) is 5.82. The van der Waals surface area contributed by atoms with E-state index in [1.54, 1.807) is 19.2 Å². The molecule has 0 atom stereocenters. The Bertz CT molecular complexity index is 1020. The average molecular weight is 469 g/mol. The molecule has 3 aromatic carbocycles. The summed E-state index contributed by atoms with van der Waals surface area (Å²) in [5.41, 5.74) is 3.28. The van der Waals surface area contributed by atoms with Gasteiger partial charge in [-0.05, 0) is 66.9 Å². The zero-order chi connectivity index (χ0) is 23.0. The topological polar surface area (TPSA) is 33.7 Å². The number of rotatable bonds is 9. The fraction of sp³-hybridized carbons (Fsp3) is 0.333. The number of likely N-dealkylation sites (tertiary alicyclic amines) is 1. The van der Waals surface area contributed by atoms with Crippen molar-refractivity contribution in [2.45, 2.75) is 38.6 Å². The average Bonchev–Trinajstić information content (AvgIpc) is 2.84. The molecular formula is C27H30ClFN2O2. The van der Waals surface area contributed by atoms with Gasteiger partial charge in [0.25, 0.3) is 0 Å². The third-order valence-corrected chi connectivity index (χ3v) is 6.30. The first-order chi connectivity index (χ1) is 16.1. The van der Waals surface area contributed by atoms with Crippen LogP contribution in [0.3, 0.4) is 0 Å². The molecule has 0 bridgehead atoms. The lowest BCUT2D eigenvalue weighted by atomic mass is 10.0. The summed E-state index contributed by atoms with van der Waals surface area (Å²) in [6.45, 7) is 4.20. The Morgan fingerprint density at radius 3 is 2.39 bits per heavy atom. The highest BCUT2D eigenvalue weighted by Gasteiger charge is 2.19. The van der Waals surface area contributed by atoms with Crippen molar-refractivity contribution in [3.8, 4) is 11.5 Å². The molecule has 0 saturated carbocycles. The first kappa shape index (κ1) is 23.6. The van der Waals surface area contributed by atoms with Gasteiger partial charge in [-0.25, -0.2) is 4.39 Å². The van der Waals surface area contributed by atoms with Crippen LogP contribution >= 0.6 is 11.6 Å². The van der Waals surface area contributed by atoms with Gasteiger partial charge in [0.15, 0.2) is 11.5 Å². The number of ether oxygens (including phenoxy) is 2. The third-order valence-electron chi connectivity index (χ3n) is 6.02. The Kier molecular flexibility index (Phi) is 8.21. The van der Waals surface area contributed by atoms with Crippen molar-refractivity contribution >= 4 is 11.6 Å². The van der Waals surface area contributed by atoms with Crippen LogP contribution in [0.2, 0.25) is 5.02 Å². The zero-order valence-electron chi connectivity index (χ0n) is 18.9. The summed E-state index contributed by atoms with van der Waals surface area (Å²) in [5.74, 6) is 0.827. The Morgan fingerprint density at radius 2 is 1.70 bits per heavy atom. The van der Waals surface area contributed by atoms with E-state index in [9.17, 15) is 4.39 Å². The number of methoxy groups -OCH3 is 1. The number of benzene rings is 3. The molecule has 0 aliphatic carbocycles. The molecule has 1 N–H and O–H groups in total. The number of nitrogens with one attached hydrogen (secondary N) is 1. The van der Waals surface area contributed by atoms with Crippen LogP contribution in [0.15, 0.2) is 66.7 Å². The summed E-state index contributed by atoms with van der Waals surface area (Å²) in [7, 11) is 1.61. The van der Waals surface area contributed by atoms with Gasteiger partial charge in [-0.1, -0.05) is 54.1 Å². The second-order valence-corrected chi connectivity index (χ2v) is 8.85. The van der Waals surface area contributed by atoms with E-state index in [1.807, 2.05) is 12.1 Å². The predicted molar refractivity (Wildman–Crippen MR) is 130 cm³/mol. The van der Waals surface area contributed by atoms with Crippen molar-refractivity contribution in [3.63, 3.8) is 0 Å². The molecule has 0 radical (unpaired) electrons. The lowest BCUT2D eigenvalue weighted by Gasteiger charge is -2.32. The summed E-state index contributed by atoms with van der Waals surface area (Å²) in [5, 5.41) is 4.17. The highest BCUT2D eigenvalue weighted by atomic mass is 35.5. The first-order valence-electron chi connectivity index (χ1n) is 11.3. The molecule has 174 valence electrons. The maximum atomic E-state index is 13.1. The highest BCUT2D eigenvalue weighted by molar-refractivity contribution is 6.32. The molecule has 3 aromatic rings. The van der Waals surface area contributed by atoms with Crippen LogP contribution in [0, 0.1) is 5.82 Å². The summed E-state index contributed by atoms with van der Waals surface area (Å²) < 4.78 is 24.5. The second kappa shape index (κ2) is 11.5. The summed E-state index contributed by atoms with van der Waals surface area (Å²) in [6, 6.07) is 21.2. The maximum Gasteiger partial charge on any atom is 0.180 e. The zero-order valence-corrected chi connectivity index (χ0v) is 19.7. The van der Waals surface area contributed by atoms with E-state index in [4.69, 9.17) is 21.1 Å². The molecule has 4 nitrogen and oxygen atoms in total. The standard InChI is InChI=1S/C27H30ClFN2O2/c1-32-26-16-22(15-25(28)27(26)33-19-21-7-9-23(29)10-8-21)17-30-24-11-13-31(14-12-24)18-20-5-3-2-4-6-20/h2-10,15-16,24,30H,11-14,17-19H2,1H3. The van der Waals surface area contributed by atoms with Gasteiger partial charge < -0.3 is 14.8 Å². The minimum atomic E-state index is -0.270. The van der Waals surface area contributed by atoms with Crippen LogP contribution in [0.4, 0.5) is 4.39 Å². The molecule has 1 aliphatic rings. The summed E-state index contributed by atoms with van der Waals surface area (Å²) in [4.78, 5) is 2.51. The van der Waals surface area contributed by atoms with Crippen molar-refractivity contribution in [2.24, 2.45) is 0 Å². The molecule has 0 amide bonds. The van der Waals surface area contributed by atoms with E-state index in [0.717, 1.165) is 50.1 Å². The molecule has 0 spiro atoms. The van der Waals surface area contributed by atoms with Gasteiger partial charge in [-0.3, -0.25) is 4.90 Å². The monoisotopic (exact) mass is 468 g/mol. The molecule has 1 aliphatic heterocycles. The van der Waals surface area contributed by atoms with Crippen LogP contribution in [0.1, 0.15) is 29.5 Å². The lowest BCUT2D eigenvalue weighted by Crippen LogP contribution is -2.41. The Hall–Kier alpha value is -2.60. The number of hydrogen-bond acceptors (Lipinski definition) is 4. The van der Waals surface area contributed by atoms with Gasteiger partial charge >= 0.3 is 0 Å². The van der Waals surface area contributed by atoms with Gasteiger partial charge in [0, 0.05) is 19.1 Å². The molecule has 4 rings (SSSR count). The van der Waals surface area contributed by atoms with Crippen molar-refractivity contribution < 1.29 is 13.9 Å². The van der Waals surface area contributed by atoms with Crippen molar-refractivity contribution in [1.82, 2.24) is 10.2 Å². The second-order valence-electron chi connectivity index (χ2n) is 8.44. The highest BCUT2D eigenvalue weighted by Crippen LogP contribution is 2.37. The number of hydrogen-bond donors (Lipinski definition) is 1. The largest absolute Gasteiger partial charge is 0.493 e. The van der Waals surface area contributed by atoms with Gasteiger partial charge in [0.2, 0.25) is 0 Å². The van der Waals surface area contributed by atoms with Crippen LogP contribution in [-0.4, -0.2) is 31.1 Å². The van der Waals surface area contributed by atoms with E-state index >= 15 is 0 Å². The van der Waals surface area contributed by atoms with Crippen LogP contribution in [0.25, 0.3) is 0 Å². The number of nitrogens with zero attached hydrogens (tertiary/aromatic N) is 1. The summed E-state index contributed by atoms with van der Waals surface area (Å²) in [6.07, 6.45) is 2.24. The maximum absolute atomic E-state index is 13.1. The Morgan fingerprint density at radius 1 is 0.970 bits per heavy atom. The molecule has 0 unspecified atom stereocenters. The minimum absolute atomic E-state index is 0.270. The van der Waals surface area contributed by atoms with Crippen LogP contribution in [0.5, 0.6) is 11.5 Å². The fourth-order valence-corrected chi connectivity index (χ4v) is 4.44. The molecule has 6 heteroatoms.